The van der Waals surface area contributed by atoms with Crippen molar-refractivity contribution in [3.05, 3.63) is 96.1 Å². The third-order valence-corrected chi connectivity index (χ3v) is 7.25. The predicted octanol–water partition coefficient (Wildman–Crippen LogP) is 8.58. The first-order chi connectivity index (χ1) is 17.0. The third-order valence-electron chi connectivity index (χ3n) is 7.25. The molecule has 6 rings (SSSR count). The standard InChI is InChI=1S/C32H31N3/c1-20(2)24-19-25-23-15-9-11-17-27(23)34(5)30(25)29(21(3)4)31(24)35-28-18-12-10-16-26(28)33-32(35)22-13-7-6-8-14-22/h6-21H,1-5H3. The van der Waals surface area contributed by atoms with Crippen molar-refractivity contribution in [3.8, 4) is 17.1 Å². The first kappa shape index (κ1) is 21.7. The molecule has 0 aliphatic rings. The zero-order valence-corrected chi connectivity index (χ0v) is 21.1. The fourth-order valence-corrected chi connectivity index (χ4v) is 5.66. The van der Waals surface area contributed by atoms with Crippen LogP contribution in [0.5, 0.6) is 0 Å². The smallest absolute Gasteiger partial charge is 0.145 e. The van der Waals surface area contributed by atoms with Crippen molar-refractivity contribution in [2.45, 2.75) is 39.5 Å². The zero-order chi connectivity index (χ0) is 24.3. The fraction of sp³-hybridized carbons (Fsp3) is 0.219. The van der Waals surface area contributed by atoms with Crippen LogP contribution in [0.1, 0.15) is 50.7 Å². The molecule has 3 heteroatoms. The number of nitrogens with zero attached hydrogens (tertiary/aromatic N) is 3. The van der Waals surface area contributed by atoms with E-state index >= 15 is 0 Å². The summed E-state index contributed by atoms with van der Waals surface area (Å²) in [4.78, 5) is 5.16. The van der Waals surface area contributed by atoms with Gasteiger partial charge in [0.2, 0.25) is 0 Å². The molecule has 0 amide bonds. The van der Waals surface area contributed by atoms with Crippen LogP contribution in [0.3, 0.4) is 0 Å². The summed E-state index contributed by atoms with van der Waals surface area (Å²) in [5, 5.41) is 2.66. The number of hydrogen-bond acceptors (Lipinski definition) is 1. The Labute approximate surface area is 206 Å². The van der Waals surface area contributed by atoms with Crippen LogP contribution in [-0.4, -0.2) is 14.1 Å². The molecule has 0 saturated heterocycles. The van der Waals surface area contributed by atoms with Crippen molar-refractivity contribution in [3.63, 3.8) is 0 Å². The maximum atomic E-state index is 5.16. The second-order valence-electron chi connectivity index (χ2n) is 10.1. The number of benzene rings is 4. The number of imidazole rings is 1. The second kappa shape index (κ2) is 8.13. The van der Waals surface area contributed by atoms with E-state index in [0.29, 0.717) is 11.8 Å². The van der Waals surface area contributed by atoms with Crippen molar-refractivity contribution in [1.29, 1.82) is 0 Å². The van der Waals surface area contributed by atoms with E-state index in [1.54, 1.807) is 0 Å². The maximum absolute atomic E-state index is 5.16. The third kappa shape index (κ3) is 3.22. The Kier molecular flexibility index (Phi) is 5.03. The lowest BCUT2D eigenvalue weighted by Crippen LogP contribution is -2.10. The van der Waals surface area contributed by atoms with Gasteiger partial charge in [0.1, 0.15) is 5.82 Å². The molecule has 2 heterocycles. The molecular formula is C32H31N3. The number of fused-ring (bicyclic) bond motifs is 4. The van der Waals surface area contributed by atoms with E-state index in [1.807, 2.05) is 0 Å². The van der Waals surface area contributed by atoms with Gasteiger partial charge in [-0.3, -0.25) is 4.57 Å². The van der Waals surface area contributed by atoms with Crippen LogP contribution < -0.4 is 0 Å². The number of aromatic nitrogens is 3. The van der Waals surface area contributed by atoms with Gasteiger partial charge in [-0.15, -0.1) is 0 Å². The highest BCUT2D eigenvalue weighted by Crippen LogP contribution is 2.43. The minimum Gasteiger partial charge on any atom is -0.343 e. The van der Waals surface area contributed by atoms with Crippen LogP contribution in [0, 0.1) is 0 Å². The van der Waals surface area contributed by atoms with E-state index in [1.165, 1.54) is 38.6 Å². The lowest BCUT2D eigenvalue weighted by molar-refractivity contribution is 0.812. The second-order valence-corrected chi connectivity index (χ2v) is 10.1. The van der Waals surface area contributed by atoms with E-state index in [4.69, 9.17) is 4.98 Å². The van der Waals surface area contributed by atoms with Crippen LogP contribution in [0.15, 0.2) is 84.9 Å². The average Bonchev–Trinajstić information content (AvgIpc) is 3.39. The van der Waals surface area contributed by atoms with Crippen LogP contribution >= 0.6 is 0 Å². The van der Waals surface area contributed by atoms with Gasteiger partial charge in [-0.1, -0.05) is 88.4 Å². The summed E-state index contributed by atoms with van der Waals surface area (Å²) in [7, 11) is 2.21. The SMILES string of the molecule is CC(C)c1cc2c3ccccc3n(C)c2c(C(C)C)c1-n1c(-c2ccccc2)nc2ccccc21. The molecule has 6 aromatic rings. The largest absolute Gasteiger partial charge is 0.343 e. The van der Waals surface area contributed by atoms with Crippen molar-refractivity contribution in [2.75, 3.05) is 0 Å². The van der Waals surface area contributed by atoms with Crippen LogP contribution in [-0.2, 0) is 7.05 Å². The van der Waals surface area contributed by atoms with Gasteiger partial charge >= 0.3 is 0 Å². The maximum Gasteiger partial charge on any atom is 0.145 e. The lowest BCUT2D eigenvalue weighted by atomic mass is 9.89. The van der Waals surface area contributed by atoms with Gasteiger partial charge in [0.15, 0.2) is 0 Å². The molecule has 0 saturated carbocycles. The first-order valence-corrected chi connectivity index (χ1v) is 12.5. The van der Waals surface area contributed by atoms with Gasteiger partial charge in [0.05, 0.1) is 22.2 Å². The summed E-state index contributed by atoms with van der Waals surface area (Å²) in [5.41, 5.74) is 9.91. The quantitative estimate of drug-likeness (QED) is 0.260. The van der Waals surface area contributed by atoms with Crippen molar-refractivity contribution >= 4 is 32.8 Å². The molecule has 0 N–H and O–H groups in total. The van der Waals surface area contributed by atoms with Gasteiger partial charge in [0, 0.05) is 34.5 Å². The van der Waals surface area contributed by atoms with Gasteiger partial charge < -0.3 is 4.57 Å². The molecule has 174 valence electrons. The molecule has 0 atom stereocenters. The van der Waals surface area contributed by atoms with Crippen molar-refractivity contribution in [1.82, 2.24) is 14.1 Å². The molecule has 2 aromatic heterocycles. The number of hydrogen-bond donors (Lipinski definition) is 0. The molecule has 3 nitrogen and oxygen atoms in total. The van der Waals surface area contributed by atoms with Crippen LogP contribution in [0.4, 0.5) is 0 Å². The molecule has 0 spiro atoms. The highest BCUT2D eigenvalue weighted by atomic mass is 15.1. The summed E-state index contributed by atoms with van der Waals surface area (Å²) in [6.45, 7) is 9.26. The van der Waals surface area contributed by atoms with E-state index in [9.17, 15) is 0 Å². The Hall–Kier alpha value is -3.85. The molecule has 4 aromatic carbocycles. The van der Waals surface area contributed by atoms with Crippen LogP contribution in [0.25, 0.3) is 49.9 Å². The summed E-state index contributed by atoms with van der Waals surface area (Å²) in [6, 6.07) is 30.3. The Morgan fingerprint density at radius 1 is 0.686 bits per heavy atom. The van der Waals surface area contributed by atoms with Gasteiger partial charge in [-0.05, 0) is 41.7 Å². The number of para-hydroxylation sites is 3. The topological polar surface area (TPSA) is 22.8 Å². The molecule has 0 fully saturated rings. The summed E-state index contributed by atoms with van der Waals surface area (Å²) in [6.07, 6.45) is 0. The van der Waals surface area contributed by atoms with E-state index < -0.39 is 0 Å². The van der Waals surface area contributed by atoms with Crippen molar-refractivity contribution < 1.29 is 0 Å². The number of rotatable bonds is 4. The highest BCUT2D eigenvalue weighted by Gasteiger charge is 2.26. The zero-order valence-electron chi connectivity index (χ0n) is 21.1. The minimum atomic E-state index is 0.332. The van der Waals surface area contributed by atoms with E-state index in [-0.39, 0.29) is 0 Å². The minimum absolute atomic E-state index is 0.332. The van der Waals surface area contributed by atoms with E-state index in [0.717, 1.165) is 22.4 Å². The highest BCUT2D eigenvalue weighted by molar-refractivity contribution is 6.10. The molecule has 0 bridgehead atoms. The van der Waals surface area contributed by atoms with E-state index in [2.05, 4.69) is 129 Å². The van der Waals surface area contributed by atoms with Gasteiger partial charge in [-0.25, -0.2) is 4.98 Å². The van der Waals surface area contributed by atoms with Gasteiger partial charge in [0.25, 0.3) is 0 Å². The molecule has 35 heavy (non-hydrogen) atoms. The first-order valence-electron chi connectivity index (χ1n) is 12.5. The average molecular weight is 458 g/mol. The Morgan fingerprint density at radius 2 is 1.34 bits per heavy atom. The normalized spacial score (nSPS) is 12.1. The number of aryl methyl sites for hydroxylation is 1. The Morgan fingerprint density at radius 3 is 2.06 bits per heavy atom. The van der Waals surface area contributed by atoms with Crippen LogP contribution in [0.2, 0.25) is 0 Å². The summed E-state index contributed by atoms with van der Waals surface area (Å²) in [5.74, 6) is 1.68. The molecule has 0 radical (unpaired) electrons. The predicted molar refractivity (Wildman–Crippen MR) is 149 cm³/mol. The Bertz CT molecular complexity index is 1700. The molecule has 0 aliphatic carbocycles. The van der Waals surface area contributed by atoms with Crippen molar-refractivity contribution in [2.24, 2.45) is 7.05 Å². The monoisotopic (exact) mass is 457 g/mol. The molecule has 0 unspecified atom stereocenters. The summed E-state index contributed by atoms with van der Waals surface area (Å²) >= 11 is 0. The molecular weight excluding hydrogens is 426 g/mol. The lowest BCUT2D eigenvalue weighted by Gasteiger charge is -2.24. The van der Waals surface area contributed by atoms with Gasteiger partial charge in [-0.2, -0.15) is 0 Å². The molecule has 0 aliphatic heterocycles. The summed E-state index contributed by atoms with van der Waals surface area (Å²) < 4.78 is 4.81. The Balaban J connectivity index is 1.86. The fourth-order valence-electron chi connectivity index (χ4n) is 5.66.